The first-order valence-electron chi connectivity index (χ1n) is 8.10. The smallest absolute Gasteiger partial charge is 0.281 e. The van der Waals surface area contributed by atoms with Crippen LogP contribution in [-0.4, -0.2) is 68.1 Å². The van der Waals surface area contributed by atoms with Gasteiger partial charge in [0.15, 0.2) is 0 Å². The third-order valence-corrected chi connectivity index (χ3v) is 6.64. The normalized spacial score (nSPS) is 27.1. The van der Waals surface area contributed by atoms with Crippen LogP contribution in [0.2, 0.25) is 0 Å². The van der Waals surface area contributed by atoms with Gasteiger partial charge in [0, 0.05) is 40.3 Å². The van der Waals surface area contributed by atoms with Crippen molar-refractivity contribution in [2.24, 2.45) is 11.3 Å². The lowest BCUT2D eigenvalue weighted by atomic mass is 9.83. The molecule has 0 N–H and O–H groups in total. The van der Waals surface area contributed by atoms with E-state index in [-0.39, 0.29) is 17.2 Å². The van der Waals surface area contributed by atoms with Crippen molar-refractivity contribution in [3.63, 3.8) is 0 Å². The van der Waals surface area contributed by atoms with Gasteiger partial charge in [0.05, 0.1) is 5.92 Å². The van der Waals surface area contributed by atoms with Crippen LogP contribution >= 0.6 is 0 Å². The van der Waals surface area contributed by atoms with Gasteiger partial charge in [-0.2, -0.15) is 17.0 Å². The SMILES string of the molecule is CN(C)S(=O)(=O)N1CCC[C@@H](C(=O)N2CCCC(C)(C)C2)C1. The van der Waals surface area contributed by atoms with Crippen LogP contribution in [0.25, 0.3) is 0 Å². The molecule has 0 bridgehead atoms. The Hall–Kier alpha value is -0.660. The van der Waals surface area contributed by atoms with Crippen LogP contribution in [-0.2, 0) is 15.0 Å². The molecule has 2 rings (SSSR count). The first-order valence-corrected chi connectivity index (χ1v) is 9.49. The summed E-state index contributed by atoms with van der Waals surface area (Å²) >= 11 is 0. The Balaban J connectivity index is 2.04. The van der Waals surface area contributed by atoms with Crippen molar-refractivity contribution in [1.29, 1.82) is 0 Å². The number of carbonyl (C=O) groups is 1. The van der Waals surface area contributed by atoms with E-state index in [1.54, 1.807) is 0 Å². The van der Waals surface area contributed by atoms with Crippen LogP contribution in [0.5, 0.6) is 0 Å². The molecule has 2 fully saturated rings. The minimum absolute atomic E-state index is 0.131. The second-order valence-corrected chi connectivity index (χ2v) is 9.66. The zero-order valence-electron chi connectivity index (χ0n) is 14.2. The quantitative estimate of drug-likeness (QED) is 0.779. The molecular formula is C15H29N3O3S. The average Bonchev–Trinajstić information content (AvgIpc) is 2.45. The highest BCUT2D eigenvalue weighted by molar-refractivity contribution is 7.86. The average molecular weight is 331 g/mol. The summed E-state index contributed by atoms with van der Waals surface area (Å²) in [5.41, 5.74) is 0.165. The zero-order chi connectivity index (χ0) is 16.5. The highest BCUT2D eigenvalue weighted by Gasteiger charge is 2.37. The van der Waals surface area contributed by atoms with E-state index in [1.807, 2.05) is 4.90 Å². The molecule has 2 aliphatic rings. The Morgan fingerprint density at radius 1 is 1.18 bits per heavy atom. The predicted molar refractivity (Wildman–Crippen MR) is 86.5 cm³/mol. The van der Waals surface area contributed by atoms with Gasteiger partial charge < -0.3 is 4.90 Å². The lowest BCUT2D eigenvalue weighted by Gasteiger charge is -2.41. The number of nitrogens with zero attached hydrogens (tertiary/aromatic N) is 3. The maximum atomic E-state index is 12.8. The van der Waals surface area contributed by atoms with Gasteiger partial charge in [-0.3, -0.25) is 4.79 Å². The van der Waals surface area contributed by atoms with Crippen molar-refractivity contribution in [1.82, 2.24) is 13.5 Å². The Labute approximate surface area is 134 Å². The van der Waals surface area contributed by atoms with Gasteiger partial charge in [-0.05, 0) is 31.1 Å². The summed E-state index contributed by atoms with van der Waals surface area (Å²) in [6.45, 7) is 6.79. The molecule has 7 heteroatoms. The molecule has 0 aliphatic carbocycles. The second-order valence-electron chi connectivity index (χ2n) is 7.51. The van der Waals surface area contributed by atoms with E-state index < -0.39 is 10.2 Å². The van der Waals surface area contributed by atoms with Crippen LogP contribution in [0.1, 0.15) is 39.5 Å². The second kappa shape index (κ2) is 6.45. The number of hydrogen-bond acceptors (Lipinski definition) is 3. The van der Waals surface area contributed by atoms with E-state index >= 15 is 0 Å². The number of piperidine rings is 2. The van der Waals surface area contributed by atoms with Crippen molar-refractivity contribution in [3.05, 3.63) is 0 Å². The molecule has 0 radical (unpaired) electrons. The van der Waals surface area contributed by atoms with Gasteiger partial charge in [-0.1, -0.05) is 13.8 Å². The lowest BCUT2D eigenvalue weighted by Crippen LogP contribution is -2.52. The molecule has 2 saturated heterocycles. The number of rotatable bonds is 3. The molecule has 0 aromatic heterocycles. The van der Waals surface area contributed by atoms with E-state index in [2.05, 4.69) is 13.8 Å². The summed E-state index contributed by atoms with van der Waals surface area (Å²) in [4.78, 5) is 14.7. The number of carbonyl (C=O) groups excluding carboxylic acids is 1. The van der Waals surface area contributed by atoms with Crippen molar-refractivity contribution in [2.45, 2.75) is 39.5 Å². The van der Waals surface area contributed by atoms with Crippen molar-refractivity contribution >= 4 is 16.1 Å². The molecule has 0 aromatic carbocycles. The number of likely N-dealkylation sites (tertiary alicyclic amines) is 1. The lowest BCUT2D eigenvalue weighted by molar-refractivity contribution is -0.139. The minimum Gasteiger partial charge on any atom is -0.342 e. The molecule has 1 amide bonds. The molecule has 0 unspecified atom stereocenters. The standard InChI is InChI=1S/C15H29N3O3S/c1-15(2)8-6-9-17(12-15)14(19)13-7-5-10-18(11-13)22(20,21)16(3)4/h13H,5-12H2,1-4H3/t13-/m1/s1. The monoisotopic (exact) mass is 331 g/mol. The summed E-state index contributed by atoms with van der Waals surface area (Å²) in [7, 11) is -0.353. The molecule has 0 spiro atoms. The summed E-state index contributed by atoms with van der Waals surface area (Å²) in [5.74, 6) is -0.0659. The van der Waals surface area contributed by atoms with Gasteiger partial charge in [0.1, 0.15) is 0 Å². The Kier molecular flexibility index (Phi) is 5.19. The maximum Gasteiger partial charge on any atom is 0.281 e. The van der Waals surface area contributed by atoms with Crippen LogP contribution in [0.3, 0.4) is 0 Å². The van der Waals surface area contributed by atoms with Gasteiger partial charge >= 0.3 is 0 Å². The van der Waals surface area contributed by atoms with Crippen LogP contribution in [0, 0.1) is 11.3 Å². The van der Waals surface area contributed by atoms with E-state index in [1.165, 1.54) is 22.7 Å². The van der Waals surface area contributed by atoms with E-state index in [4.69, 9.17) is 0 Å². The molecular weight excluding hydrogens is 302 g/mol. The summed E-state index contributed by atoms with van der Waals surface area (Å²) < 4.78 is 27.2. The Bertz CT molecular complexity index is 516. The largest absolute Gasteiger partial charge is 0.342 e. The number of amides is 1. The van der Waals surface area contributed by atoms with Crippen molar-refractivity contribution in [3.8, 4) is 0 Å². The zero-order valence-corrected chi connectivity index (χ0v) is 15.0. The molecule has 2 heterocycles. The minimum atomic E-state index is -3.42. The molecule has 6 nitrogen and oxygen atoms in total. The first-order chi connectivity index (χ1) is 10.1. The van der Waals surface area contributed by atoms with E-state index in [9.17, 15) is 13.2 Å². The van der Waals surface area contributed by atoms with Gasteiger partial charge in [0.25, 0.3) is 10.2 Å². The molecule has 128 valence electrons. The van der Waals surface area contributed by atoms with Crippen molar-refractivity contribution in [2.75, 3.05) is 40.3 Å². The first kappa shape index (κ1) is 17.7. The maximum absolute atomic E-state index is 12.8. The third-order valence-electron chi connectivity index (χ3n) is 4.73. The molecule has 22 heavy (non-hydrogen) atoms. The van der Waals surface area contributed by atoms with Crippen LogP contribution in [0.15, 0.2) is 0 Å². The topological polar surface area (TPSA) is 60.9 Å². The highest BCUT2D eigenvalue weighted by Crippen LogP contribution is 2.30. The molecule has 1 atom stereocenters. The van der Waals surface area contributed by atoms with Crippen LogP contribution in [0.4, 0.5) is 0 Å². The molecule has 2 aliphatic heterocycles. The van der Waals surface area contributed by atoms with Gasteiger partial charge in [0.2, 0.25) is 5.91 Å². The highest BCUT2D eigenvalue weighted by atomic mass is 32.2. The summed E-state index contributed by atoms with van der Waals surface area (Å²) in [6.07, 6.45) is 3.71. The summed E-state index contributed by atoms with van der Waals surface area (Å²) in [5, 5.41) is 0. The predicted octanol–water partition coefficient (Wildman–Crippen LogP) is 1.15. The number of hydrogen-bond donors (Lipinski definition) is 0. The van der Waals surface area contributed by atoms with Gasteiger partial charge in [-0.15, -0.1) is 0 Å². The summed E-state index contributed by atoms with van der Waals surface area (Å²) in [6, 6.07) is 0. The van der Waals surface area contributed by atoms with E-state index in [0.29, 0.717) is 13.1 Å². The molecule has 0 saturated carbocycles. The Morgan fingerprint density at radius 3 is 2.45 bits per heavy atom. The fourth-order valence-electron chi connectivity index (χ4n) is 3.45. The third kappa shape index (κ3) is 3.81. The van der Waals surface area contributed by atoms with Crippen LogP contribution < -0.4 is 0 Å². The molecule has 0 aromatic rings. The fraction of sp³-hybridized carbons (Fsp3) is 0.933. The van der Waals surface area contributed by atoms with E-state index in [0.717, 1.165) is 38.8 Å². The fourth-order valence-corrected chi connectivity index (χ4v) is 4.64. The van der Waals surface area contributed by atoms with Crippen molar-refractivity contribution < 1.29 is 13.2 Å². The Morgan fingerprint density at radius 2 is 1.86 bits per heavy atom. The van der Waals surface area contributed by atoms with Gasteiger partial charge in [-0.25, -0.2) is 0 Å².